The molecule has 1 saturated heterocycles. The van der Waals surface area contributed by atoms with Crippen LogP contribution < -0.4 is 4.90 Å². The van der Waals surface area contributed by atoms with Crippen LogP contribution in [0.25, 0.3) is 0 Å². The molecular formula is C17H27N3O2. The van der Waals surface area contributed by atoms with Crippen molar-refractivity contribution in [3.8, 4) is 0 Å². The summed E-state index contributed by atoms with van der Waals surface area (Å²) >= 11 is 0. The summed E-state index contributed by atoms with van der Waals surface area (Å²) in [7, 11) is 1.46. The molecule has 1 aliphatic rings. The Morgan fingerprint density at radius 1 is 1.59 bits per heavy atom. The standard InChI is InChI=1S/C17H27N3O2/c1-6-7-14-8-15(17(21)22-5)10-19(13(14)4)16-9-18-20(11-16)12(2)3/h6,9,11-15H,1,7-8,10H2,2-5H3. The summed E-state index contributed by atoms with van der Waals surface area (Å²) in [6.07, 6.45) is 7.65. The van der Waals surface area contributed by atoms with Gasteiger partial charge in [-0.3, -0.25) is 9.48 Å². The molecule has 5 nitrogen and oxygen atoms in total. The molecule has 5 heteroatoms. The highest BCUT2D eigenvalue weighted by Gasteiger charge is 2.37. The predicted octanol–water partition coefficient (Wildman–Crippen LogP) is 3.04. The number of carbonyl (C=O) groups excluding carboxylic acids is 1. The van der Waals surface area contributed by atoms with Gasteiger partial charge in [0.15, 0.2) is 0 Å². The Morgan fingerprint density at radius 3 is 2.86 bits per heavy atom. The summed E-state index contributed by atoms with van der Waals surface area (Å²) in [6.45, 7) is 11.0. The van der Waals surface area contributed by atoms with Crippen molar-refractivity contribution in [1.29, 1.82) is 0 Å². The van der Waals surface area contributed by atoms with E-state index >= 15 is 0 Å². The maximum Gasteiger partial charge on any atom is 0.310 e. The average molecular weight is 305 g/mol. The molecule has 22 heavy (non-hydrogen) atoms. The van der Waals surface area contributed by atoms with Crippen molar-refractivity contribution in [1.82, 2.24) is 9.78 Å². The minimum Gasteiger partial charge on any atom is -0.469 e. The average Bonchev–Trinajstić information content (AvgIpc) is 2.98. The molecule has 122 valence electrons. The minimum absolute atomic E-state index is 0.0893. The third-order valence-electron chi connectivity index (χ3n) is 4.63. The van der Waals surface area contributed by atoms with Gasteiger partial charge in [-0.2, -0.15) is 5.10 Å². The second-order valence-corrected chi connectivity index (χ2v) is 6.41. The fraction of sp³-hybridized carbons (Fsp3) is 0.647. The number of hydrogen-bond acceptors (Lipinski definition) is 4. The van der Waals surface area contributed by atoms with Crippen LogP contribution in [0.3, 0.4) is 0 Å². The van der Waals surface area contributed by atoms with Gasteiger partial charge in [0.05, 0.1) is 24.9 Å². The molecule has 0 saturated carbocycles. The van der Waals surface area contributed by atoms with Gasteiger partial charge in [-0.1, -0.05) is 6.08 Å². The van der Waals surface area contributed by atoms with Gasteiger partial charge in [0, 0.05) is 24.8 Å². The zero-order valence-electron chi connectivity index (χ0n) is 14.0. The van der Waals surface area contributed by atoms with E-state index in [-0.39, 0.29) is 11.9 Å². The highest BCUT2D eigenvalue weighted by Crippen LogP contribution is 2.34. The lowest BCUT2D eigenvalue weighted by atomic mass is 9.81. The molecule has 3 unspecified atom stereocenters. The number of aromatic nitrogens is 2. The number of piperidine rings is 1. The van der Waals surface area contributed by atoms with E-state index in [0.29, 0.717) is 24.5 Å². The van der Waals surface area contributed by atoms with Gasteiger partial charge < -0.3 is 9.64 Å². The van der Waals surface area contributed by atoms with Crippen molar-refractivity contribution in [3.05, 3.63) is 25.0 Å². The van der Waals surface area contributed by atoms with E-state index in [9.17, 15) is 4.79 Å². The monoisotopic (exact) mass is 305 g/mol. The Bertz CT molecular complexity index is 524. The fourth-order valence-electron chi connectivity index (χ4n) is 3.24. The smallest absolute Gasteiger partial charge is 0.310 e. The molecule has 1 fully saturated rings. The van der Waals surface area contributed by atoms with E-state index in [0.717, 1.165) is 18.5 Å². The third kappa shape index (κ3) is 3.34. The molecule has 3 atom stereocenters. The predicted molar refractivity (Wildman–Crippen MR) is 87.8 cm³/mol. The number of anilines is 1. The van der Waals surface area contributed by atoms with Crippen LogP contribution in [0.4, 0.5) is 5.69 Å². The van der Waals surface area contributed by atoms with Crippen LogP contribution >= 0.6 is 0 Å². The Morgan fingerprint density at radius 2 is 2.32 bits per heavy atom. The van der Waals surface area contributed by atoms with Gasteiger partial charge in [0.2, 0.25) is 0 Å². The van der Waals surface area contributed by atoms with Crippen LogP contribution in [0.5, 0.6) is 0 Å². The first-order chi connectivity index (χ1) is 10.5. The molecule has 2 heterocycles. The Labute approximate surface area is 132 Å². The quantitative estimate of drug-likeness (QED) is 0.619. The number of ether oxygens (including phenoxy) is 1. The van der Waals surface area contributed by atoms with Gasteiger partial charge >= 0.3 is 5.97 Å². The van der Waals surface area contributed by atoms with Crippen LogP contribution in [0, 0.1) is 11.8 Å². The van der Waals surface area contributed by atoms with Gasteiger partial charge in [-0.25, -0.2) is 0 Å². The van der Waals surface area contributed by atoms with Crippen molar-refractivity contribution in [2.24, 2.45) is 11.8 Å². The molecule has 0 bridgehead atoms. The van der Waals surface area contributed by atoms with Gasteiger partial charge in [-0.15, -0.1) is 6.58 Å². The second kappa shape index (κ2) is 6.99. The lowest BCUT2D eigenvalue weighted by Crippen LogP contribution is -2.49. The molecule has 0 radical (unpaired) electrons. The first kappa shape index (κ1) is 16.6. The van der Waals surface area contributed by atoms with Crippen LogP contribution in [0.1, 0.15) is 39.7 Å². The Kier molecular flexibility index (Phi) is 5.27. The molecule has 1 aromatic rings. The third-order valence-corrected chi connectivity index (χ3v) is 4.63. The maximum absolute atomic E-state index is 12.0. The van der Waals surface area contributed by atoms with Crippen molar-refractivity contribution in [3.63, 3.8) is 0 Å². The number of esters is 1. The SMILES string of the molecule is C=CCC1CC(C(=O)OC)CN(c2cnn(C(C)C)c2)C1C. The largest absolute Gasteiger partial charge is 0.469 e. The molecule has 0 N–H and O–H groups in total. The first-order valence-electron chi connectivity index (χ1n) is 7.97. The summed E-state index contributed by atoms with van der Waals surface area (Å²) < 4.78 is 6.92. The molecular weight excluding hydrogens is 278 g/mol. The summed E-state index contributed by atoms with van der Waals surface area (Å²) in [5, 5.41) is 4.43. The van der Waals surface area contributed by atoms with Crippen LogP contribution in [-0.4, -0.2) is 35.4 Å². The molecule has 1 aliphatic heterocycles. The number of nitrogens with zero attached hydrogens (tertiary/aromatic N) is 3. The van der Waals surface area contributed by atoms with E-state index < -0.39 is 0 Å². The van der Waals surface area contributed by atoms with Gasteiger partial charge in [-0.05, 0) is 39.5 Å². The lowest BCUT2D eigenvalue weighted by molar-refractivity contribution is -0.146. The Balaban J connectivity index is 2.25. The number of carbonyl (C=O) groups is 1. The lowest BCUT2D eigenvalue weighted by Gasteiger charge is -2.43. The fourth-order valence-corrected chi connectivity index (χ4v) is 3.24. The van der Waals surface area contributed by atoms with E-state index in [1.54, 1.807) is 0 Å². The number of rotatable bonds is 5. The van der Waals surface area contributed by atoms with Crippen LogP contribution in [0.2, 0.25) is 0 Å². The van der Waals surface area contributed by atoms with Crippen molar-refractivity contribution < 1.29 is 9.53 Å². The molecule has 2 rings (SSSR count). The molecule has 0 aliphatic carbocycles. The molecule has 0 aromatic carbocycles. The van der Waals surface area contributed by atoms with E-state index in [1.807, 2.05) is 17.0 Å². The zero-order chi connectivity index (χ0) is 16.3. The molecule has 0 amide bonds. The maximum atomic E-state index is 12.0. The van der Waals surface area contributed by atoms with Crippen LogP contribution in [0.15, 0.2) is 25.0 Å². The summed E-state index contributed by atoms with van der Waals surface area (Å²) in [5.74, 6) is 0.188. The van der Waals surface area contributed by atoms with E-state index in [4.69, 9.17) is 4.74 Å². The van der Waals surface area contributed by atoms with Crippen molar-refractivity contribution in [2.45, 2.75) is 45.7 Å². The summed E-state index contributed by atoms with van der Waals surface area (Å²) in [4.78, 5) is 14.3. The number of hydrogen-bond donors (Lipinski definition) is 0. The first-order valence-corrected chi connectivity index (χ1v) is 7.97. The minimum atomic E-state index is -0.123. The van der Waals surface area contributed by atoms with Crippen molar-refractivity contribution in [2.75, 3.05) is 18.6 Å². The van der Waals surface area contributed by atoms with Gasteiger partial charge in [0.25, 0.3) is 0 Å². The molecule has 1 aromatic heterocycles. The topological polar surface area (TPSA) is 47.4 Å². The van der Waals surface area contributed by atoms with E-state index in [1.165, 1.54) is 7.11 Å². The zero-order valence-corrected chi connectivity index (χ0v) is 14.0. The van der Waals surface area contributed by atoms with E-state index in [2.05, 4.69) is 43.5 Å². The van der Waals surface area contributed by atoms with Crippen LogP contribution in [-0.2, 0) is 9.53 Å². The second-order valence-electron chi connectivity index (χ2n) is 6.41. The Hall–Kier alpha value is -1.78. The normalized spacial score (nSPS) is 25.3. The summed E-state index contributed by atoms with van der Waals surface area (Å²) in [6, 6.07) is 0.679. The number of methoxy groups -OCH3 is 1. The number of allylic oxidation sites excluding steroid dienone is 1. The highest BCUT2D eigenvalue weighted by molar-refractivity contribution is 5.73. The molecule has 0 spiro atoms. The van der Waals surface area contributed by atoms with Crippen molar-refractivity contribution >= 4 is 11.7 Å². The highest BCUT2D eigenvalue weighted by atomic mass is 16.5. The van der Waals surface area contributed by atoms with Gasteiger partial charge in [0.1, 0.15) is 0 Å². The summed E-state index contributed by atoms with van der Waals surface area (Å²) in [5.41, 5.74) is 1.07.